The highest BCUT2D eigenvalue weighted by Gasteiger charge is 2.26. The number of carbonyl (C=O) groups is 1. The molecule has 0 saturated carbocycles. The van der Waals surface area contributed by atoms with Crippen molar-refractivity contribution < 1.29 is 9.21 Å². The number of rotatable bonds is 3. The molecule has 1 atom stereocenters. The first-order valence-electron chi connectivity index (χ1n) is 8.08. The fourth-order valence-corrected chi connectivity index (χ4v) is 3.89. The molecule has 2 aromatic carbocycles. The minimum Gasteiger partial charge on any atom is -0.431 e. The average molecular weight is 338 g/mol. The van der Waals surface area contributed by atoms with Gasteiger partial charge < -0.3 is 9.32 Å². The zero-order valence-corrected chi connectivity index (χ0v) is 14.3. The lowest BCUT2D eigenvalue weighted by molar-refractivity contribution is -0.131. The maximum absolute atomic E-state index is 12.8. The second-order valence-corrected chi connectivity index (χ2v) is 7.28. The lowest BCUT2D eigenvalue weighted by Gasteiger charge is -2.30. The van der Waals surface area contributed by atoms with Crippen LogP contribution >= 0.6 is 11.8 Å². The van der Waals surface area contributed by atoms with Crippen LogP contribution in [-0.4, -0.2) is 27.6 Å². The van der Waals surface area contributed by atoms with Gasteiger partial charge in [-0.25, -0.2) is 4.98 Å². The van der Waals surface area contributed by atoms with Crippen molar-refractivity contribution >= 4 is 28.8 Å². The number of hydrogen-bond acceptors (Lipinski definition) is 4. The normalized spacial score (nSPS) is 15.3. The van der Waals surface area contributed by atoms with Crippen molar-refractivity contribution in [1.29, 1.82) is 0 Å². The SMILES string of the molecule is CC(Sc1nc2ccccc2o1)C(=O)N1CCc2ccccc2C1. The zero-order chi connectivity index (χ0) is 16.5. The molecule has 24 heavy (non-hydrogen) atoms. The van der Waals surface area contributed by atoms with E-state index in [-0.39, 0.29) is 11.2 Å². The lowest BCUT2D eigenvalue weighted by Crippen LogP contribution is -2.40. The highest BCUT2D eigenvalue weighted by atomic mass is 32.2. The Labute approximate surface area is 144 Å². The monoisotopic (exact) mass is 338 g/mol. The molecular weight excluding hydrogens is 320 g/mol. The van der Waals surface area contributed by atoms with Crippen LogP contribution in [0.15, 0.2) is 58.2 Å². The topological polar surface area (TPSA) is 46.3 Å². The van der Waals surface area contributed by atoms with Gasteiger partial charge in [-0.2, -0.15) is 0 Å². The van der Waals surface area contributed by atoms with E-state index in [1.807, 2.05) is 42.2 Å². The van der Waals surface area contributed by atoms with Crippen molar-refractivity contribution in [3.63, 3.8) is 0 Å². The van der Waals surface area contributed by atoms with Crippen LogP contribution in [0, 0.1) is 0 Å². The van der Waals surface area contributed by atoms with Gasteiger partial charge in [-0.05, 0) is 36.6 Å². The third-order valence-corrected chi connectivity index (χ3v) is 5.27. The van der Waals surface area contributed by atoms with E-state index in [1.165, 1.54) is 22.9 Å². The predicted molar refractivity (Wildman–Crippen MR) is 94.9 cm³/mol. The summed E-state index contributed by atoms with van der Waals surface area (Å²) in [7, 11) is 0. The third-order valence-electron chi connectivity index (χ3n) is 4.34. The average Bonchev–Trinajstić information content (AvgIpc) is 3.02. The van der Waals surface area contributed by atoms with Gasteiger partial charge >= 0.3 is 0 Å². The molecule has 4 rings (SSSR count). The predicted octanol–water partition coefficient (Wildman–Crippen LogP) is 3.89. The summed E-state index contributed by atoms with van der Waals surface area (Å²) < 4.78 is 5.71. The molecule has 0 bridgehead atoms. The molecule has 0 aliphatic carbocycles. The van der Waals surface area contributed by atoms with Crippen molar-refractivity contribution in [3.8, 4) is 0 Å². The molecule has 1 amide bonds. The Morgan fingerprint density at radius 2 is 1.92 bits per heavy atom. The first kappa shape index (κ1) is 15.3. The van der Waals surface area contributed by atoms with E-state index in [2.05, 4.69) is 23.2 Å². The second kappa shape index (κ2) is 6.32. The van der Waals surface area contributed by atoms with E-state index in [0.29, 0.717) is 11.8 Å². The molecular formula is C19H18N2O2S. The smallest absolute Gasteiger partial charge is 0.257 e. The van der Waals surface area contributed by atoms with E-state index >= 15 is 0 Å². The zero-order valence-electron chi connectivity index (χ0n) is 13.4. The number of nitrogens with zero attached hydrogens (tertiary/aromatic N) is 2. The minimum atomic E-state index is -0.219. The number of thioether (sulfide) groups is 1. The third kappa shape index (κ3) is 2.91. The Morgan fingerprint density at radius 3 is 2.75 bits per heavy atom. The number of aromatic nitrogens is 1. The van der Waals surface area contributed by atoms with Gasteiger partial charge in [-0.3, -0.25) is 4.79 Å². The first-order chi connectivity index (χ1) is 11.7. The summed E-state index contributed by atoms with van der Waals surface area (Å²) in [5, 5.41) is 0.331. The molecule has 3 aromatic rings. The summed E-state index contributed by atoms with van der Waals surface area (Å²) in [5.74, 6) is 0.136. The van der Waals surface area contributed by atoms with E-state index in [4.69, 9.17) is 4.42 Å². The van der Waals surface area contributed by atoms with E-state index < -0.39 is 0 Å². The summed E-state index contributed by atoms with van der Waals surface area (Å²) in [6, 6.07) is 16.0. The van der Waals surface area contributed by atoms with Gasteiger partial charge in [0.2, 0.25) is 5.91 Å². The minimum absolute atomic E-state index is 0.136. The molecule has 1 unspecified atom stereocenters. The fourth-order valence-electron chi connectivity index (χ4n) is 3.04. The van der Waals surface area contributed by atoms with E-state index in [1.54, 1.807) is 0 Å². The molecule has 0 N–H and O–H groups in total. The Balaban J connectivity index is 1.46. The maximum atomic E-state index is 12.8. The van der Waals surface area contributed by atoms with Crippen LogP contribution in [0.25, 0.3) is 11.1 Å². The number of para-hydroxylation sites is 2. The van der Waals surface area contributed by atoms with Crippen molar-refractivity contribution in [2.75, 3.05) is 6.54 Å². The summed E-state index contributed by atoms with van der Waals surface area (Å²) in [4.78, 5) is 19.1. The molecule has 5 heteroatoms. The Morgan fingerprint density at radius 1 is 1.17 bits per heavy atom. The maximum Gasteiger partial charge on any atom is 0.257 e. The van der Waals surface area contributed by atoms with Crippen molar-refractivity contribution in [2.45, 2.75) is 30.4 Å². The van der Waals surface area contributed by atoms with Gasteiger partial charge in [0.15, 0.2) is 5.58 Å². The Kier molecular flexibility index (Phi) is 4.02. The van der Waals surface area contributed by atoms with Crippen molar-refractivity contribution in [3.05, 3.63) is 59.7 Å². The van der Waals surface area contributed by atoms with E-state index in [9.17, 15) is 4.79 Å². The van der Waals surface area contributed by atoms with Crippen LogP contribution in [0.3, 0.4) is 0 Å². The number of benzene rings is 2. The molecule has 2 heterocycles. The number of amides is 1. The first-order valence-corrected chi connectivity index (χ1v) is 8.96. The van der Waals surface area contributed by atoms with Gasteiger partial charge in [-0.1, -0.05) is 48.2 Å². The largest absolute Gasteiger partial charge is 0.431 e. The van der Waals surface area contributed by atoms with Crippen LogP contribution in [0.5, 0.6) is 0 Å². The Hall–Kier alpha value is -2.27. The van der Waals surface area contributed by atoms with Crippen LogP contribution in [0.4, 0.5) is 0 Å². The molecule has 0 radical (unpaired) electrons. The van der Waals surface area contributed by atoms with Crippen LogP contribution in [-0.2, 0) is 17.8 Å². The fraction of sp³-hybridized carbons (Fsp3) is 0.263. The molecule has 1 aliphatic rings. The summed E-state index contributed by atoms with van der Waals surface area (Å²) in [6.45, 7) is 3.38. The van der Waals surface area contributed by atoms with Crippen molar-refractivity contribution in [1.82, 2.24) is 9.88 Å². The number of oxazole rings is 1. The quantitative estimate of drug-likeness (QED) is 0.680. The summed E-state index contributed by atoms with van der Waals surface area (Å²) in [6.07, 6.45) is 0.919. The van der Waals surface area contributed by atoms with Gasteiger partial charge in [-0.15, -0.1) is 0 Å². The number of fused-ring (bicyclic) bond motifs is 2. The second-order valence-electron chi connectivity index (χ2n) is 5.99. The lowest BCUT2D eigenvalue weighted by atomic mass is 10.00. The van der Waals surface area contributed by atoms with Crippen LogP contribution in [0.1, 0.15) is 18.1 Å². The summed E-state index contributed by atoms with van der Waals surface area (Å²) in [5.41, 5.74) is 4.18. The molecule has 0 spiro atoms. The van der Waals surface area contributed by atoms with Gasteiger partial charge in [0, 0.05) is 13.1 Å². The molecule has 0 fully saturated rings. The van der Waals surface area contributed by atoms with Crippen LogP contribution in [0.2, 0.25) is 0 Å². The molecule has 0 saturated heterocycles. The molecule has 1 aromatic heterocycles. The van der Waals surface area contributed by atoms with Gasteiger partial charge in [0.05, 0.1) is 5.25 Å². The highest BCUT2D eigenvalue weighted by Crippen LogP contribution is 2.28. The van der Waals surface area contributed by atoms with E-state index in [0.717, 1.165) is 24.1 Å². The highest BCUT2D eigenvalue weighted by molar-refractivity contribution is 8.00. The molecule has 1 aliphatic heterocycles. The van der Waals surface area contributed by atoms with Gasteiger partial charge in [0.25, 0.3) is 5.22 Å². The standard InChI is InChI=1S/C19H18N2O2S/c1-13(24-19-20-16-8-4-5-9-17(16)23-19)18(22)21-11-10-14-6-2-3-7-15(14)12-21/h2-9,13H,10-12H2,1H3. The number of hydrogen-bond donors (Lipinski definition) is 0. The Bertz CT molecular complexity index is 857. The number of carbonyl (C=O) groups excluding carboxylic acids is 1. The van der Waals surface area contributed by atoms with Gasteiger partial charge in [0.1, 0.15) is 5.52 Å². The van der Waals surface area contributed by atoms with Crippen LogP contribution < -0.4 is 0 Å². The van der Waals surface area contributed by atoms with Crippen molar-refractivity contribution in [2.24, 2.45) is 0 Å². The summed E-state index contributed by atoms with van der Waals surface area (Å²) >= 11 is 1.38. The molecule has 122 valence electrons. The molecule has 4 nitrogen and oxygen atoms in total.